The molecular weight excluding hydrogens is 444 g/mol. The molecule has 0 aliphatic carbocycles. The van der Waals surface area contributed by atoms with E-state index >= 15 is 0 Å². The van der Waals surface area contributed by atoms with Crippen LogP contribution < -0.4 is 15.2 Å². The highest BCUT2D eigenvalue weighted by atomic mass is 16.5. The molecule has 0 bridgehead atoms. The fourth-order valence-corrected chi connectivity index (χ4v) is 3.79. The van der Waals surface area contributed by atoms with Crippen molar-refractivity contribution < 1.29 is 19.4 Å². The number of para-hydroxylation sites is 1. The molecule has 7 heteroatoms. The van der Waals surface area contributed by atoms with Gasteiger partial charge in [-0.15, -0.1) is 0 Å². The number of carbonyl (C=O) groups is 1. The van der Waals surface area contributed by atoms with E-state index in [9.17, 15) is 14.7 Å². The topological polar surface area (TPSA) is 82.7 Å². The Bertz CT molecular complexity index is 1450. The Morgan fingerprint density at radius 2 is 1.57 bits per heavy atom. The van der Waals surface area contributed by atoms with Gasteiger partial charge in [-0.1, -0.05) is 30.3 Å². The number of ether oxygens (including phenoxy) is 2. The van der Waals surface area contributed by atoms with Gasteiger partial charge < -0.3 is 14.6 Å². The molecule has 0 saturated carbocycles. The van der Waals surface area contributed by atoms with Gasteiger partial charge >= 0.3 is 5.69 Å². The average Bonchev–Trinajstić information content (AvgIpc) is 3.22. The van der Waals surface area contributed by atoms with Crippen molar-refractivity contribution in [1.29, 1.82) is 0 Å². The minimum atomic E-state index is -0.510. The zero-order valence-electron chi connectivity index (χ0n) is 20.0. The Morgan fingerprint density at radius 3 is 2.17 bits per heavy atom. The number of phenols is 1. The van der Waals surface area contributed by atoms with E-state index in [1.807, 2.05) is 62.4 Å². The van der Waals surface area contributed by atoms with Crippen LogP contribution in [0.15, 0.2) is 77.7 Å². The van der Waals surface area contributed by atoms with Gasteiger partial charge in [-0.05, 0) is 66.9 Å². The summed E-state index contributed by atoms with van der Waals surface area (Å²) in [5, 5.41) is 10.1. The molecule has 1 N–H and O–H groups in total. The van der Waals surface area contributed by atoms with E-state index in [-0.39, 0.29) is 17.2 Å². The SMILES string of the molecule is COc1cc(/C=C/C(=O)n2c(-c3ccc(C)c(C)c3)cn(-c3ccccc3)c2=O)cc(OC)c1O. The molecule has 0 spiro atoms. The van der Waals surface area contributed by atoms with E-state index in [1.165, 1.54) is 24.9 Å². The number of aromatic nitrogens is 2. The minimum Gasteiger partial charge on any atom is -0.502 e. The van der Waals surface area contributed by atoms with Crippen LogP contribution in [0.4, 0.5) is 0 Å². The maximum absolute atomic E-state index is 13.4. The number of methoxy groups -OCH3 is 2. The quantitative estimate of drug-likeness (QED) is 0.401. The lowest BCUT2D eigenvalue weighted by Crippen LogP contribution is -2.27. The van der Waals surface area contributed by atoms with Crippen molar-refractivity contribution in [1.82, 2.24) is 9.13 Å². The number of rotatable bonds is 6. The highest BCUT2D eigenvalue weighted by molar-refractivity contribution is 5.96. The summed E-state index contributed by atoms with van der Waals surface area (Å²) in [4.78, 5) is 26.8. The Morgan fingerprint density at radius 1 is 0.914 bits per heavy atom. The van der Waals surface area contributed by atoms with Crippen molar-refractivity contribution in [3.63, 3.8) is 0 Å². The molecule has 0 fully saturated rings. The Kier molecular flexibility index (Phi) is 6.59. The first kappa shape index (κ1) is 23.6. The average molecular weight is 471 g/mol. The van der Waals surface area contributed by atoms with Crippen molar-refractivity contribution in [3.05, 3.63) is 100 Å². The van der Waals surface area contributed by atoms with Crippen molar-refractivity contribution in [2.24, 2.45) is 0 Å². The molecular formula is C28H26N2O5. The molecule has 3 aromatic carbocycles. The molecule has 0 amide bonds. The maximum Gasteiger partial charge on any atom is 0.340 e. The Hall–Kier alpha value is -4.52. The number of nitrogens with zero attached hydrogens (tertiary/aromatic N) is 2. The predicted octanol–water partition coefficient (Wildman–Crippen LogP) is 5.00. The molecule has 0 aliphatic heterocycles. The van der Waals surface area contributed by atoms with Crippen LogP contribution >= 0.6 is 0 Å². The smallest absolute Gasteiger partial charge is 0.340 e. The summed E-state index contributed by atoms with van der Waals surface area (Å²) in [5.41, 5.74) is 4.16. The zero-order chi connectivity index (χ0) is 25.1. The third-order valence-electron chi connectivity index (χ3n) is 5.87. The first-order valence-corrected chi connectivity index (χ1v) is 11.0. The molecule has 0 atom stereocenters. The van der Waals surface area contributed by atoms with Gasteiger partial charge in [0.2, 0.25) is 5.75 Å². The van der Waals surface area contributed by atoms with Crippen LogP contribution in [0.1, 0.15) is 21.5 Å². The largest absolute Gasteiger partial charge is 0.502 e. The summed E-state index contributed by atoms with van der Waals surface area (Å²) in [6.07, 6.45) is 4.54. The second-order valence-electron chi connectivity index (χ2n) is 8.08. The van der Waals surface area contributed by atoms with E-state index in [0.717, 1.165) is 21.3 Å². The van der Waals surface area contributed by atoms with Crippen LogP contribution in [0.5, 0.6) is 17.2 Å². The highest BCUT2D eigenvalue weighted by Gasteiger charge is 2.19. The molecule has 35 heavy (non-hydrogen) atoms. The molecule has 4 aromatic rings. The third kappa shape index (κ3) is 4.61. The number of aromatic hydroxyl groups is 1. The van der Waals surface area contributed by atoms with E-state index in [2.05, 4.69) is 0 Å². The second-order valence-corrected chi connectivity index (χ2v) is 8.08. The molecule has 4 rings (SSSR count). The fourth-order valence-electron chi connectivity index (χ4n) is 3.79. The molecule has 178 valence electrons. The number of imidazole rings is 1. The molecule has 7 nitrogen and oxygen atoms in total. The number of hydrogen-bond donors (Lipinski definition) is 1. The summed E-state index contributed by atoms with van der Waals surface area (Å²) in [5.74, 6) is -0.227. The van der Waals surface area contributed by atoms with Crippen LogP contribution in [0.3, 0.4) is 0 Å². The van der Waals surface area contributed by atoms with Gasteiger partial charge in [-0.3, -0.25) is 9.36 Å². The van der Waals surface area contributed by atoms with Gasteiger partial charge in [0.15, 0.2) is 11.5 Å². The second kappa shape index (κ2) is 9.77. The van der Waals surface area contributed by atoms with Crippen LogP contribution in [0, 0.1) is 13.8 Å². The van der Waals surface area contributed by atoms with E-state index in [4.69, 9.17) is 9.47 Å². The predicted molar refractivity (Wildman–Crippen MR) is 136 cm³/mol. The molecule has 0 aliphatic rings. The first-order valence-electron chi connectivity index (χ1n) is 11.0. The number of phenolic OH excluding ortho intramolecular Hbond substituents is 1. The number of benzene rings is 3. The zero-order valence-corrected chi connectivity index (χ0v) is 20.0. The highest BCUT2D eigenvalue weighted by Crippen LogP contribution is 2.37. The minimum absolute atomic E-state index is 0.133. The summed E-state index contributed by atoms with van der Waals surface area (Å²) >= 11 is 0. The number of hydrogen-bond acceptors (Lipinski definition) is 5. The van der Waals surface area contributed by atoms with Gasteiger partial charge in [-0.25, -0.2) is 9.36 Å². The standard InChI is InChI=1S/C28H26N2O5/c1-18-10-12-21(14-19(18)2)23-17-29(22-8-6-5-7-9-22)28(33)30(23)26(31)13-11-20-15-24(34-3)27(32)25(16-20)35-4/h5-17,32H,1-4H3/b13-11+. The normalized spacial score (nSPS) is 11.1. The van der Waals surface area contributed by atoms with Crippen molar-refractivity contribution in [3.8, 4) is 34.2 Å². The molecule has 1 aromatic heterocycles. The van der Waals surface area contributed by atoms with Gasteiger partial charge in [-0.2, -0.15) is 0 Å². The summed E-state index contributed by atoms with van der Waals surface area (Å²) in [7, 11) is 2.85. The van der Waals surface area contributed by atoms with E-state index in [1.54, 1.807) is 24.4 Å². The summed E-state index contributed by atoms with van der Waals surface area (Å²) < 4.78 is 13.0. The van der Waals surface area contributed by atoms with Crippen LogP contribution in [-0.2, 0) is 0 Å². The van der Waals surface area contributed by atoms with Crippen LogP contribution in [0.2, 0.25) is 0 Å². The monoisotopic (exact) mass is 470 g/mol. The lowest BCUT2D eigenvalue weighted by atomic mass is 10.0. The molecule has 0 radical (unpaired) electrons. The fraction of sp³-hybridized carbons (Fsp3) is 0.143. The molecule has 1 heterocycles. The van der Waals surface area contributed by atoms with Crippen molar-refractivity contribution in [2.45, 2.75) is 13.8 Å². The number of allylic oxidation sites excluding steroid dienone is 1. The van der Waals surface area contributed by atoms with E-state index < -0.39 is 11.6 Å². The Labute approximate surface area is 203 Å². The summed E-state index contributed by atoms with van der Waals surface area (Å²) in [6.45, 7) is 4.00. The van der Waals surface area contributed by atoms with Gasteiger partial charge in [0, 0.05) is 17.8 Å². The Balaban J connectivity index is 1.82. The molecule has 0 saturated heterocycles. The summed E-state index contributed by atoms with van der Waals surface area (Å²) in [6, 6.07) is 18.1. The van der Waals surface area contributed by atoms with Crippen molar-refractivity contribution >= 4 is 12.0 Å². The van der Waals surface area contributed by atoms with Gasteiger partial charge in [0.1, 0.15) is 0 Å². The first-order chi connectivity index (χ1) is 16.8. The lowest BCUT2D eigenvalue weighted by Gasteiger charge is -2.09. The maximum atomic E-state index is 13.4. The van der Waals surface area contributed by atoms with Crippen LogP contribution in [-0.4, -0.2) is 34.4 Å². The van der Waals surface area contributed by atoms with Gasteiger partial charge in [0.05, 0.1) is 25.6 Å². The number of carbonyl (C=O) groups excluding carboxylic acids is 1. The van der Waals surface area contributed by atoms with Gasteiger partial charge in [0.25, 0.3) is 5.91 Å². The van der Waals surface area contributed by atoms with Crippen molar-refractivity contribution in [2.75, 3.05) is 14.2 Å². The van der Waals surface area contributed by atoms with E-state index in [0.29, 0.717) is 16.9 Å². The number of aryl methyl sites for hydroxylation is 2. The lowest BCUT2D eigenvalue weighted by molar-refractivity contribution is 0.0967. The van der Waals surface area contributed by atoms with Crippen LogP contribution in [0.25, 0.3) is 23.0 Å². The molecule has 0 unspecified atom stereocenters. The third-order valence-corrected chi connectivity index (χ3v) is 5.87.